The van der Waals surface area contributed by atoms with E-state index in [2.05, 4.69) is 5.32 Å². The van der Waals surface area contributed by atoms with Gasteiger partial charge in [0, 0.05) is 6.08 Å². The van der Waals surface area contributed by atoms with Crippen molar-refractivity contribution in [3.63, 3.8) is 0 Å². The average molecular weight is 242 g/mol. The van der Waals surface area contributed by atoms with Crippen LogP contribution in [0.5, 0.6) is 0 Å². The number of amides is 2. The van der Waals surface area contributed by atoms with Crippen LogP contribution < -0.4 is 10.2 Å². The molecule has 0 saturated carbocycles. The molecule has 0 fully saturated rings. The number of fused-ring (bicyclic) bond motifs is 1. The summed E-state index contributed by atoms with van der Waals surface area (Å²) in [5.74, 6) is -0.378. The molecular formula is C14H14N2O2. The third-order valence-electron chi connectivity index (χ3n) is 2.58. The first-order valence-electron chi connectivity index (χ1n) is 5.72. The number of anilines is 2. The summed E-state index contributed by atoms with van der Waals surface area (Å²) in [5, 5.41) is 2.74. The van der Waals surface area contributed by atoms with E-state index in [1.165, 1.54) is 11.0 Å². The van der Waals surface area contributed by atoms with E-state index in [1.54, 1.807) is 18.2 Å². The number of rotatable bonds is 2. The van der Waals surface area contributed by atoms with Crippen LogP contribution in [0.4, 0.5) is 11.4 Å². The van der Waals surface area contributed by atoms with Gasteiger partial charge in [0.1, 0.15) is 6.54 Å². The van der Waals surface area contributed by atoms with Crippen LogP contribution in [0, 0.1) is 0 Å². The Hall–Kier alpha value is -2.36. The lowest BCUT2D eigenvalue weighted by molar-refractivity contribution is -0.119. The van der Waals surface area contributed by atoms with Crippen LogP contribution in [0.1, 0.15) is 6.92 Å². The molecule has 0 atom stereocenters. The van der Waals surface area contributed by atoms with Crippen LogP contribution in [-0.4, -0.2) is 18.4 Å². The van der Waals surface area contributed by atoms with Crippen LogP contribution in [0.25, 0.3) is 0 Å². The predicted octanol–water partition coefficient (Wildman–Crippen LogP) is 2.10. The molecule has 0 bridgehead atoms. The molecule has 4 nitrogen and oxygen atoms in total. The molecule has 92 valence electrons. The first kappa shape index (κ1) is 12.1. The van der Waals surface area contributed by atoms with Gasteiger partial charge in [0.15, 0.2) is 0 Å². The summed E-state index contributed by atoms with van der Waals surface area (Å²) in [4.78, 5) is 25.0. The Labute approximate surface area is 106 Å². The normalized spacial score (nSPS) is 14.9. The van der Waals surface area contributed by atoms with E-state index in [0.717, 1.165) is 5.69 Å². The average Bonchev–Trinajstić information content (AvgIpc) is 2.38. The number of nitrogens with one attached hydrogen (secondary N) is 1. The maximum Gasteiger partial charge on any atom is 0.251 e. The van der Waals surface area contributed by atoms with Gasteiger partial charge < -0.3 is 5.32 Å². The molecule has 1 aliphatic rings. The van der Waals surface area contributed by atoms with Gasteiger partial charge in [-0.1, -0.05) is 30.4 Å². The van der Waals surface area contributed by atoms with Crippen molar-refractivity contribution in [1.29, 1.82) is 0 Å². The standard InChI is InChI=1S/C14H14N2O2/c1-2-3-4-9-14(18)16-10-13(17)15-11-7-5-6-8-12(11)16/h2-9H,10H2,1H3,(H,15,17)/b3-2+,9-4+. The van der Waals surface area contributed by atoms with Crippen molar-refractivity contribution in [2.75, 3.05) is 16.8 Å². The minimum absolute atomic E-state index is 0.0516. The molecular weight excluding hydrogens is 228 g/mol. The maximum atomic E-state index is 12.0. The van der Waals surface area contributed by atoms with E-state index in [-0.39, 0.29) is 18.4 Å². The summed E-state index contributed by atoms with van der Waals surface area (Å²) in [6.07, 6.45) is 6.72. The number of carbonyl (C=O) groups is 2. The Bertz CT molecular complexity index is 532. The van der Waals surface area contributed by atoms with Crippen molar-refractivity contribution in [1.82, 2.24) is 0 Å². The van der Waals surface area contributed by atoms with Crippen LogP contribution >= 0.6 is 0 Å². The number of benzene rings is 1. The molecule has 0 radical (unpaired) electrons. The molecule has 1 aromatic rings. The number of hydrogen-bond donors (Lipinski definition) is 1. The molecule has 2 amide bonds. The summed E-state index contributed by atoms with van der Waals surface area (Å²) in [6, 6.07) is 7.26. The number of hydrogen-bond acceptors (Lipinski definition) is 2. The van der Waals surface area contributed by atoms with Gasteiger partial charge in [0.25, 0.3) is 5.91 Å². The highest BCUT2D eigenvalue weighted by atomic mass is 16.2. The zero-order chi connectivity index (χ0) is 13.0. The van der Waals surface area contributed by atoms with E-state index in [4.69, 9.17) is 0 Å². The fraction of sp³-hybridized carbons (Fsp3) is 0.143. The van der Waals surface area contributed by atoms with E-state index < -0.39 is 0 Å². The van der Waals surface area contributed by atoms with Crippen LogP contribution in [-0.2, 0) is 9.59 Å². The van der Waals surface area contributed by atoms with Crippen LogP contribution in [0.15, 0.2) is 48.6 Å². The summed E-state index contributed by atoms with van der Waals surface area (Å²) in [7, 11) is 0. The predicted molar refractivity (Wildman–Crippen MR) is 71.4 cm³/mol. The molecule has 4 heteroatoms. The Morgan fingerprint density at radius 1 is 1.33 bits per heavy atom. The molecule has 1 aromatic carbocycles. The minimum Gasteiger partial charge on any atom is -0.323 e. The summed E-state index contributed by atoms with van der Waals surface area (Å²) in [6.45, 7) is 1.93. The lowest BCUT2D eigenvalue weighted by atomic mass is 10.2. The molecule has 2 rings (SSSR count). The quantitative estimate of drug-likeness (QED) is 0.637. The van der Waals surface area contributed by atoms with Gasteiger partial charge in [0.05, 0.1) is 11.4 Å². The minimum atomic E-state index is -0.199. The van der Waals surface area contributed by atoms with Gasteiger partial charge in [-0.3, -0.25) is 14.5 Å². The first-order valence-corrected chi connectivity index (χ1v) is 5.72. The van der Waals surface area contributed by atoms with Gasteiger partial charge in [-0.25, -0.2) is 0 Å². The second-order valence-electron chi connectivity index (χ2n) is 3.87. The Kier molecular flexibility index (Phi) is 3.57. The topological polar surface area (TPSA) is 49.4 Å². The molecule has 18 heavy (non-hydrogen) atoms. The maximum absolute atomic E-state index is 12.0. The SMILES string of the molecule is C/C=C/C=C/C(=O)N1CC(=O)Nc2ccccc21. The molecule has 1 N–H and O–H groups in total. The molecule has 1 heterocycles. The highest BCUT2D eigenvalue weighted by Crippen LogP contribution is 2.28. The molecule has 1 aliphatic heterocycles. The van der Waals surface area contributed by atoms with Gasteiger partial charge in [-0.2, -0.15) is 0 Å². The lowest BCUT2D eigenvalue weighted by Crippen LogP contribution is -2.41. The van der Waals surface area contributed by atoms with E-state index in [1.807, 2.05) is 31.2 Å². The van der Waals surface area contributed by atoms with Gasteiger partial charge in [-0.05, 0) is 19.1 Å². The van der Waals surface area contributed by atoms with E-state index in [9.17, 15) is 9.59 Å². The molecule has 0 unspecified atom stereocenters. The highest BCUT2D eigenvalue weighted by Gasteiger charge is 2.24. The second-order valence-corrected chi connectivity index (χ2v) is 3.87. The van der Waals surface area contributed by atoms with E-state index in [0.29, 0.717) is 5.69 Å². The zero-order valence-corrected chi connectivity index (χ0v) is 10.1. The molecule has 0 spiro atoms. The number of allylic oxidation sites excluding steroid dienone is 3. The van der Waals surface area contributed by atoms with Crippen molar-refractivity contribution in [3.05, 3.63) is 48.6 Å². The Balaban J connectivity index is 2.28. The van der Waals surface area contributed by atoms with Gasteiger partial charge in [0.2, 0.25) is 5.91 Å². The summed E-state index contributed by atoms with van der Waals surface area (Å²) in [5.41, 5.74) is 1.40. The van der Waals surface area contributed by atoms with Crippen molar-refractivity contribution >= 4 is 23.2 Å². The van der Waals surface area contributed by atoms with Crippen molar-refractivity contribution in [2.45, 2.75) is 6.92 Å². The lowest BCUT2D eigenvalue weighted by Gasteiger charge is -2.28. The number of carbonyl (C=O) groups excluding carboxylic acids is 2. The summed E-state index contributed by atoms with van der Waals surface area (Å²) >= 11 is 0. The highest BCUT2D eigenvalue weighted by molar-refractivity contribution is 6.12. The Morgan fingerprint density at radius 2 is 2.11 bits per heavy atom. The summed E-state index contributed by atoms with van der Waals surface area (Å²) < 4.78 is 0. The smallest absolute Gasteiger partial charge is 0.251 e. The largest absolute Gasteiger partial charge is 0.323 e. The Morgan fingerprint density at radius 3 is 2.89 bits per heavy atom. The first-order chi connectivity index (χ1) is 8.72. The van der Waals surface area contributed by atoms with Crippen LogP contribution in [0.2, 0.25) is 0 Å². The van der Waals surface area contributed by atoms with Gasteiger partial charge >= 0.3 is 0 Å². The van der Waals surface area contributed by atoms with Crippen molar-refractivity contribution < 1.29 is 9.59 Å². The second kappa shape index (κ2) is 5.31. The molecule has 0 aromatic heterocycles. The van der Waals surface area contributed by atoms with E-state index >= 15 is 0 Å². The third-order valence-corrected chi connectivity index (χ3v) is 2.58. The van der Waals surface area contributed by atoms with Gasteiger partial charge in [-0.15, -0.1) is 0 Å². The third kappa shape index (κ3) is 2.48. The van der Waals surface area contributed by atoms with Crippen molar-refractivity contribution in [3.8, 4) is 0 Å². The fourth-order valence-electron chi connectivity index (χ4n) is 1.77. The molecule has 0 saturated heterocycles. The number of nitrogens with zero attached hydrogens (tertiary/aromatic N) is 1. The monoisotopic (exact) mass is 242 g/mol. The van der Waals surface area contributed by atoms with Crippen molar-refractivity contribution in [2.24, 2.45) is 0 Å². The molecule has 0 aliphatic carbocycles. The zero-order valence-electron chi connectivity index (χ0n) is 10.1. The fourth-order valence-corrected chi connectivity index (χ4v) is 1.77. The van der Waals surface area contributed by atoms with Crippen LogP contribution in [0.3, 0.4) is 0 Å². The number of para-hydroxylation sites is 2.